The van der Waals surface area contributed by atoms with Gasteiger partial charge < -0.3 is 14.6 Å². The molecule has 6 heteroatoms. The fraction of sp³-hybridized carbons (Fsp3) is 0.467. The van der Waals surface area contributed by atoms with E-state index in [2.05, 4.69) is 0 Å². The highest BCUT2D eigenvalue weighted by molar-refractivity contribution is 5.95. The van der Waals surface area contributed by atoms with Gasteiger partial charge in [0.1, 0.15) is 11.9 Å². The molecule has 0 bridgehead atoms. The van der Waals surface area contributed by atoms with Gasteiger partial charge in [-0.1, -0.05) is 12.1 Å². The number of aliphatic hydroxyl groups excluding tert-OH is 1. The van der Waals surface area contributed by atoms with Crippen LogP contribution in [0.1, 0.15) is 31.1 Å². The van der Waals surface area contributed by atoms with Crippen molar-refractivity contribution in [2.75, 3.05) is 13.2 Å². The zero-order valence-electron chi connectivity index (χ0n) is 12.3. The summed E-state index contributed by atoms with van der Waals surface area (Å²) in [7, 11) is 0. The number of benzene rings is 1. The Morgan fingerprint density at radius 3 is 2.14 bits per heavy atom. The Morgan fingerprint density at radius 2 is 1.71 bits per heavy atom. The minimum Gasteiger partial charge on any atom is -0.465 e. The maximum Gasteiger partial charge on any atom is 0.323 e. The lowest BCUT2D eigenvalue weighted by atomic mass is 9.95. The molecular weight excluding hydrogens is 279 g/mol. The second kappa shape index (κ2) is 7.73. The molecule has 1 aromatic rings. The first-order valence-electron chi connectivity index (χ1n) is 6.69. The van der Waals surface area contributed by atoms with Gasteiger partial charge in [0, 0.05) is 0 Å². The lowest BCUT2D eigenvalue weighted by Gasteiger charge is -2.20. The largest absolute Gasteiger partial charge is 0.465 e. The van der Waals surface area contributed by atoms with E-state index < -0.39 is 29.8 Å². The number of esters is 2. The van der Waals surface area contributed by atoms with Crippen LogP contribution in [0.5, 0.6) is 0 Å². The van der Waals surface area contributed by atoms with E-state index in [4.69, 9.17) is 9.47 Å². The molecule has 1 rings (SSSR count). The first-order chi connectivity index (χ1) is 9.92. The molecule has 0 fully saturated rings. The molecule has 0 radical (unpaired) electrons. The minimum absolute atomic E-state index is 0.0592. The molecule has 1 N–H and O–H groups in total. The molecule has 0 aliphatic heterocycles. The van der Waals surface area contributed by atoms with E-state index in [-0.39, 0.29) is 18.8 Å². The van der Waals surface area contributed by atoms with Gasteiger partial charge in [-0.3, -0.25) is 9.59 Å². The van der Waals surface area contributed by atoms with Crippen molar-refractivity contribution >= 4 is 11.9 Å². The van der Waals surface area contributed by atoms with Crippen LogP contribution < -0.4 is 0 Å². The molecule has 0 heterocycles. The molecule has 0 aliphatic carbocycles. The van der Waals surface area contributed by atoms with E-state index in [0.717, 1.165) is 6.07 Å². The average Bonchev–Trinajstić information content (AvgIpc) is 2.42. The molecule has 0 saturated heterocycles. The number of rotatable bonds is 6. The lowest BCUT2D eigenvalue weighted by molar-refractivity contribution is -0.167. The molecule has 0 amide bonds. The van der Waals surface area contributed by atoms with Crippen LogP contribution in [-0.2, 0) is 19.1 Å². The number of carbonyl (C=O) groups excluding carboxylic acids is 2. The van der Waals surface area contributed by atoms with Crippen LogP contribution in [0.25, 0.3) is 0 Å². The summed E-state index contributed by atoms with van der Waals surface area (Å²) in [6.45, 7) is 4.85. The van der Waals surface area contributed by atoms with Gasteiger partial charge in [-0.2, -0.15) is 0 Å². The average molecular weight is 298 g/mol. The van der Waals surface area contributed by atoms with Gasteiger partial charge >= 0.3 is 11.9 Å². The maximum absolute atomic E-state index is 13.6. The van der Waals surface area contributed by atoms with Crippen molar-refractivity contribution < 1.29 is 28.6 Å². The number of hydrogen-bond donors (Lipinski definition) is 1. The van der Waals surface area contributed by atoms with Crippen LogP contribution in [0.15, 0.2) is 18.2 Å². The van der Waals surface area contributed by atoms with Gasteiger partial charge in [-0.05, 0) is 38.0 Å². The Bertz CT molecular complexity index is 497. The van der Waals surface area contributed by atoms with Crippen molar-refractivity contribution in [2.45, 2.75) is 26.9 Å². The number of aryl methyl sites for hydroxylation is 1. The van der Waals surface area contributed by atoms with Gasteiger partial charge in [0.15, 0.2) is 5.92 Å². The number of ether oxygens (including phenoxy) is 2. The van der Waals surface area contributed by atoms with Crippen molar-refractivity contribution in [1.82, 2.24) is 0 Å². The molecule has 0 saturated carbocycles. The SMILES string of the molecule is CCOC(=O)C(C(=O)OCC)C(O)c1ccc(C)c(F)c1. The monoisotopic (exact) mass is 298 g/mol. The van der Waals surface area contributed by atoms with Crippen LogP contribution in [0.3, 0.4) is 0 Å². The predicted molar refractivity (Wildman–Crippen MR) is 72.9 cm³/mol. The molecular formula is C15H19FO5. The van der Waals surface area contributed by atoms with E-state index >= 15 is 0 Å². The lowest BCUT2D eigenvalue weighted by Crippen LogP contribution is -2.33. The summed E-state index contributed by atoms with van der Waals surface area (Å²) in [6.07, 6.45) is -1.53. The molecule has 21 heavy (non-hydrogen) atoms. The van der Waals surface area contributed by atoms with Crippen LogP contribution >= 0.6 is 0 Å². The van der Waals surface area contributed by atoms with Crippen LogP contribution in [0, 0.1) is 18.7 Å². The normalized spacial score (nSPS) is 12.1. The maximum atomic E-state index is 13.6. The fourth-order valence-corrected chi connectivity index (χ4v) is 1.80. The van der Waals surface area contributed by atoms with Crippen molar-refractivity contribution in [2.24, 2.45) is 5.92 Å². The third-order valence-corrected chi connectivity index (χ3v) is 2.93. The second-order valence-electron chi connectivity index (χ2n) is 4.44. The van der Waals surface area contributed by atoms with Crippen molar-refractivity contribution in [3.63, 3.8) is 0 Å². The zero-order valence-corrected chi connectivity index (χ0v) is 12.3. The molecule has 0 spiro atoms. The van der Waals surface area contributed by atoms with Gasteiger partial charge in [0.05, 0.1) is 13.2 Å². The number of hydrogen-bond acceptors (Lipinski definition) is 5. The van der Waals surface area contributed by atoms with E-state index in [1.54, 1.807) is 20.8 Å². The van der Waals surface area contributed by atoms with Crippen molar-refractivity contribution in [1.29, 1.82) is 0 Å². The van der Waals surface area contributed by atoms with Gasteiger partial charge in [-0.15, -0.1) is 0 Å². The number of carbonyl (C=O) groups is 2. The van der Waals surface area contributed by atoms with Crippen LogP contribution in [0.4, 0.5) is 4.39 Å². The smallest absolute Gasteiger partial charge is 0.323 e. The zero-order chi connectivity index (χ0) is 16.0. The third-order valence-electron chi connectivity index (χ3n) is 2.93. The Hall–Kier alpha value is -1.95. The summed E-state index contributed by atoms with van der Waals surface area (Å²) in [5.41, 5.74) is 0.513. The third kappa shape index (κ3) is 4.26. The van der Waals surface area contributed by atoms with E-state index in [9.17, 15) is 19.1 Å². The standard InChI is InChI=1S/C15H19FO5/c1-4-20-14(18)12(15(19)21-5-2)13(17)10-7-6-9(3)11(16)8-10/h6-8,12-13,17H,4-5H2,1-3H3. The Labute approximate surface area is 122 Å². The van der Waals surface area contributed by atoms with Crippen LogP contribution in [-0.4, -0.2) is 30.3 Å². The number of halogens is 1. The Kier molecular flexibility index (Phi) is 6.30. The quantitative estimate of drug-likeness (QED) is 0.641. The predicted octanol–water partition coefficient (Wildman–Crippen LogP) is 1.91. The Balaban J connectivity index is 3.08. The van der Waals surface area contributed by atoms with Gasteiger partial charge in [-0.25, -0.2) is 4.39 Å². The summed E-state index contributed by atoms with van der Waals surface area (Å²) >= 11 is 0. The molecule has 1 unspecified atom stereocenters. The fourth-order valence-electron chi connectivity index (χ4n) is 1.80. The highest BCUT2D eigenvalue weighted by atomic mass is 19.1. The Morgan fingerprint density at radius 1 is 1.19 bits per heavy atom. The molecule has 116 valence electrons. The van der Waals surface area contributed by atoms with E-state index in [1.807, 2.05) is 0 Å². The molecule has 1 aromatic carbocycles. The van der Waals surface area contributed by atoms with Gasteiger partial charge in [0.25, 0.3) is 0 Å². The summed E-state index contributed by atoms with van der Waals surface area (Å²) in [4.78, 5) is 23.7. The molecule has 1 atom stereocenters. The van der Waals surface area contributed by atoms with Gasteiger partial charge in [0.2, 0.25) is 0 Å². The van der Waals surface area contributed by atoms with Crippen LogP contribution in [0.2, 0.25) is 0 Å². The van der Waals surface area contributed by atoms with E-state index in [0.29, 0.717) is 5.56 Å². The second-order valence-corrected chi connectivity index (χ2v) is 4.44. The van der Waals surface area contributed by atoms with Crippen molar-refractivity contribution in [3.05, 3.63) is 35.1 Å². The summed E-state index contributed by atoms with van der Waals surface area (Å²) in [5, 5.41) is 10.2. The summed E-state index contributed by atoms with van der Waals surface area (Å²) in [5.74, 6) is -3.86. The highest BCUT2D eigenvalue weighted by Gasteiger charge is 2.37. The van der Waals surface area contributed by atoms with Crippen molar-refractivity contribution in [3.8, 4) is 0 Å². The highest BCUT2D eigenvalue weighted by Crippen LogP contribution is 2.26. The minimum atomic E-state index is -1.54. The number of aliphatic hydroxyl groups is 1. The first kappa shape index (κ1) is 17.1. The summed E-state index contributed by atoms with van der Waals surface area (Å²) < 4.78 is 23.1. The van der Waals surface area contributed by atoms with E-state index in [1.165, 1.54) is 12.1 Å². The summed E-state index contributed by atoms with van der Waals surface area (Å²) in [6, 6.07) is 4.00. The molecule has 5 nitrogen and oxygen atoms in total. The topological polar surface area (TPSA) is 72.8 Å². The molecule has 0 aliphatic rings. The molecule has 0 aromatic heterocycles. The first-order valence-corrected chi connectivity index (χ1v) is 6.69.